The van der Waals surface area contributed by atoms with Gasteiger partial charge in [-0.25, -0.2) is 0 Å². The lowest BCUT2D eigenvalue weighted by atomic mass is 9.77. The highest BCUT2D eigenvalue weighted by atomic mass is 16.5. The number of benzene rings is 2. The van der Waals surface area contributed by atoms with E-state index in [4.69, 9.17) is 10.5 Å². The lowest BCUT2D eigenvalue weighted by Gasteiger charge is -2.31. The summed E-state index contributed by atoms with van der Waals surface area (Å²) in [5.41, 5.74) is 8.70. The van der Waals surface area contributed by atoms with Crippen LogP contribution in [0.3, 0.4) is 0 Å². The summed E-state index contributed by atoms with van der Waals surface area (Å²) in [6.07, 6.45) is 3.84. The van der Waals surface area contributed by atoms with Crippen LogP contribution in [0.1, 0.15) is 36.4 Å². The Balaban J connectivity index is 1.65. The fourth-order valence-electron chi connectivity index (χ4n) is 2.62. The van der Waals surface area contributed by atoms with Crippen molar-refractivity contribution in [2.75, 3.05) is 0 Å². The maximum absolute atomic E-state index is 6.32. The van der Waals surface area contributed by atoms with E-state index in [1.807, 2.05) is 30.3 Å². The number of hydrogen-bond acceptors (Lipinski definition) is 2. The van der Waals surface area contributed by atoms with Crippen LogP contribution in [0.2, 0.25) is 0 Å². The number of nitrogens with two attached hydrogens (primary N) is 1. The minimum Gasteiger partial charge on any atom is -0.489 e. The third-order valence-electron chi connectivity index (χ3n) is 4.15. The molecule has 0 unspecified atom stereocenters. The van der Waals surface area contributed by atoms with Crippen molar-refractivity contribution in [2.24, 2.45) is 11.7 Å². The number of rotatable bonds is 5. The zero-order chi connectivity index (χ0) is 13.8. The van der Waals surface area contributed by atoms with Crippen molar-refractivity contribution < 1.29 is 4.74 Å². The Morgan fingerprint density at radius 2 is 1.85 bits per heavy atom. The lowest BCUT2D eigenvalue weighted by molar-refractivity contribution is 0.263. The summed E-state index contributed by atoms with van der Waals surface area (Å²) in [5, 5.41) is 0. The van der Waals surface area contributed by atoms with Gasteiger partial charge in [0.1, 0.15) is 12.4 Å². The van der Waals surface area contributed by atoms with Gasteiger partial charge >= 0.3 is 0 Å². The third kappa shape index (κ3) is 3.02. The maximum Gasteiger partial charge on any atom is 0.120 e. The van der Waals surface area contributed by atoms with Crippen LogP contribution < -0.4 is 10.5 Å². The molecule has 0 radical (unpaired) electrons. The molecule has 2 aromatic carbocycles. The molecule has 3 rings (SSSR count). The number of hydrogen-bond donors (Lipinski definition) is 1. The van der Waals surface area contributed by atoms with Gasteiger partial charge in [-0.1, -0.05) is 48.9 Å². The van der Waals surface area contributed by atoms with E-state index in [-0.39, 0.29) is 6.04 Å². The van der Waals surface area contributed by atoms with E-state index in [9.17, 15) is 0 Å². The topological polar surface area (TPSA) is 35.2 Å². The van der Waals surface area contributed by atoms with Gasteiger partial charge in [0.15, 0.2) is 0 Å². The van der Waals surface area contributed by atoms with Crippen molar-refractivity contribution in [1.82, 2.24) is 0 Å². The Kier molecular flexibility index (Phi) is 4.03. The molecular formula is C18H21NO. The Morgan fingerprint density at radius 1 is 1.05 bits per heavy atom. The lowest BCUT2D eigenvalue weighted by Crippen LogP contribution is -2.26. The molecule has 2 aromatic rings. The highest BCUT2D eigenvalue weighted by molar-refractivity contribution is 5.31. The summed E-state index contributed by atoms with van der Waals surface area (Å²) < 4.78 is 5.86. The van der Waals surface area contributed by atoms with Crippen LogP contribution in [0.25, 0.3) is 0 Å². The summed E-state index contributed by atoms with van der Waals surface area (Å²) in [6, 6.07) is 18.6. The molecule has 0 saturated heterocycles. The molecule has 20 heavy (non-hydrogen) atoms. The van der Waals surface area contributed by atoms with Crippen LogP contribution >= 0.6 is 0 Å². The molecule has 2 heteroatoms. The first-order chi connectivity index (χ1) is 9.83. The van der Waals surface area contributed by atoms with Gasteiger partial charge in [0, 0.05) is 6.04 Å². The van der Waals surface area contributed by atoms with Crippen molar-refractivity contribution in [3.8, 4) is 5.75 Å². The highest BCUT2D eigenvalue weighted by Crippen LogP contribution is 2.36. The summed E-state index contributed by atoms with van der Waals surface area (Å²) in [5.74, 6) is 1.56. The van der Waals surface area contributed by atoms with Gasteiger partial charge in [-0.3, -0.25) is 0 Å². The zero-order valence-corrected chi connectivity index (χ0v) is 11.7. The van der Waals surface area contributed by atoms with Crippen molar-refractivity contribution in [1.29, 1.82) is 0 Å². The summed E-state index contributed by atoms with van der Waals surface area (Å²) in [6.45, 7) is 0.600. The van der Waals surface area contributed by atoms with Gasteiger partial charge < -0.3 is 10.5 Å². The van der Waals surface area contributed by atoms with Gasteiger partial charge in [0.2, 0.25) is 0 Å². The molecule has 1 atom stereocenters. The van der Waals surface area contributed by atoms with Crippen LogP contribution in [0, 0.1) is 5.92 Å². The van der Waals surface area contributed by atoms with E-state index in [0.29, 0.717) is 12.5 Å². The van der Waals surface area contributed by atoms with Crippen LogP contribution in [0.5, 0.6) is 5.75 Å². The Hall–Kier alpha value is -1.80. The first-order valence-electron chi connectivity index (χ1n) is 7.35. The molecule has 0 aliphatic heterocycles. The SMILES string of the molecule is N[C@H](c1cccc(OCc2ccccc2)c1)C1CCC1. The molecule has 1 fully saturated rings. The predicted octanol–water partition coefficient (Wildman–Crippen LogP) is 4.07. The monoisotopic (exact) mass is 267 g/mol. The minimum atomic E-state index is 0.157. The van der Waals surface area contributed by atoms with Gasteiger partial charge in [-0.05, 0) is 42.0 Å². The third-order valence-corrected chi connectivity index (χ3v) is 4.15. The highest BCUT2D eigenvalue weighted by Gasteiger charge is 2.25. The average molecular weight is 267 g/mol. The molecule has 2 N–H and O–H groups in total. The van der Waals surface area contributed by atoms with Crippen molar-refractivity contribution >= 4 is 0 Å². The second kappa shape index (κ2) is 6.10. The van der Waals surface area contributed by atoms with Gasteiger partial charge in [0.25, 0.3) is 0 Å². The van der Waals surface area contributed by atoms with Crippen molar-refractivity contribution in [3.05, 3.63) is 65.7 Å². The van der Waals surface area contributed by atoms with Gasteiger partial charge in [-0.2, -0.15) is 0 Å². The van der Waals surface area contributed by atoms with E-state index in [1.165, 1.54) is 30.4 Å². The molecule has 0 spiro atoms. The zero-order valence-electron chi connectivity index (χ0n) is 11.7. The molecule has 0 amide bonds. The smallest absolute Gasteiger partial charge is 0.120 e. The second-order valence-corrected chi connectivity index (χ2v) is 5.56. The van der Waals surface area contributed by atoms with Crippen molar-refractivity contribution in [2.45, 2.75) is 31.9 Å². The first-order valence-corrected chi connectivity index (χ1v) is 7.35. The summed E-state index contributed by atoms with van der Waals surface area (Å²) in [7, 11) is 0. The molecule has 0 bridgehead atoms. The molecule has 1 aliphatic rings. The molecule has 2 nitrogen and oxygen atoms in total. The van der Waals surface area contributed by atoms with Crippen molar-refractivity contribution in [3.63, 3.8) is 0 Å². The quantitative estimate of drug-likeness (QED) is 0.886. The Labute approximate surface area is 120 Å². The first kappa shape index (κ1) is 13.2. The largest absolute Gasteiger partial charge is 0.489 e. The van der Waals surface area contributed by atoms with E-state index >= 15 is 0 Å². The van der Waals surface area contributed by atoms with E-state index in [2.05, 4.69) is 24.3 Å². The molecule has 104 valence electrons. The second-order valence-electron chi connectivity index (χ2n) is 5.56. The summed E-state index contributed by atoms with van der Waals surface area (Å²) in [4.78, 5) is 0. The minimum absolute atomic E-state index is 0.157. The van der Waals surface area contributed by atoms with Crippen LogP contribution in [0.15, 0.2) is 54.6 Å². The normalized spacial score (nSPS) is 16.4. The van der Waals surface area contributed by atoms with Gasteiger partial charge in [-0.15, -0.1) is 0 Å². The van der Waals surface area contributed by atoms with Gasteiger partial charge in [0.05, 0.1) is 0 Å². The molecular weight excluding hydrogens is 246 g/mol. The van der Waals surface area contributed by atoms with Crippen LogP contribution in [-0.4, -0.2) is 0 Å². The van der Waals surface area contributed by atoms with E-state index in [1.54, 1.807) is 0 Å². The Morgan fingerprint density at radius 3 is 2.55 bits per heavy atom. The predicted molar refractivity (Wildman–Crippen MR) is 81.5 cm³/mol. The fourth-order valence-corrected chi connectivity index (χ4v) is 2.62. The maximum atomic E-state index is 6.32. The fraction of sp³-hybridized carbons (Fsp3) is 0.333. The van der Waals surface area contributed by atoms with E-state index < -0.39 is 0 Å². The summed E-state index contributed by atoms with van der Waals surface area (Å²) >= 11 is 0. The van der Waals surface area contributed by atoms with E-state index in [0.717, 1.165) is 5.75 Å². The number of ether oxygens (including phenoxy) is 1. The standard InChI is InChI=1S/C18H21NO/c19-18(15-8-4-9-15)16-10-5-11-17(12-16)20-13-14-6-2-1-3-7-14/h1-3,5-7,10-12,15,18H,4,8-9,13,19H2/t18-/m0/s1. The molecule has 0 aromatic heterocycles. The molecule has 1 saturated carbocycles. The van der Waals surface area contributed by atoms with Crippen LogP contribution in [0.4, 0.5) is 0 Å². The molecule has 1 aliphatic carbocycles. The van der Waals surface area contributed by atoms with Crippen LogP contribution in [-0.2, 0) is 6.61 Å². The Bertz CT molecular complexity index is 548. The molecule has 0 heterocycles. The average Bonchev–Trinajstić information content (AvgIpc) is 2.45.